The van der Waals surface area contributed by atoms with Crippen molar-refractivity contribution in [2.75, 3.05) is 0 Å². The molecule has 0 aromatic heterocycles. The highest BCUT2D eigenvalue weighted by atomic mass is 32.2. The lowest BCUT2D eigenvalue weighted by Crippen LogP contribution is -1.94. The molecule has 0 aliphatic carbocycles. The van der Waals surface area contributed by atoms with E-state index in [1.54, 1.807) is 0 Å². The molecule has 0 nitrogen and oxygen atoms in total. The summed E-state index contributed by atoms with van der Waals surface area (Å²) in [6.07, 6.45) is 0. The van der Waals surface area contributed by atoms with Gasteiger partial charge < -0.3 is 0 Å². The van der Waals surface area contributed by atoms with Crippen molar-refractivity contribution in [2.24, 2.45) is 0 Å². The SMILES string of the molecule is c1ccc2c(c1)Sc1ccc(-c3ccc4c(ccc5cc6ccccc6cc54)c3)c3cccc-2c13. The van der Waals surface area contributed by atoms with E-state index in [0.717, 1.165) is 0 Å². The van der Waals surface area contributed by atoms with Crippen LogP contribution in [0.15, 0.2) is 131 Å². The summed E-state index contributed by atoms with van der Waals surface area (Å²) in [7, 11) is 0. The maximum atomic E-state index is 2.36. The first-order valence-electron chi connectivity index (χ1n) is 12.0. The zero-order chi connectivity index (χ0) is 22.9. The smallest absolute Gasteiger partial charge is 0.0207 e. The normalized spacial score (nSPS) is 12.5. The summed E-state index contributed by atoms with van der Waals surface area (Å²) in [6.45, 7) is 0. The fourth-order valence-corrected chi connectivity index (χ4v) is 6.88. The van der Waals surface area contributed by atoms with Crippen molar-refractivity contribution in [3.05, 3.63) is 121 Å². The van der Waals surface area contributed by atoms with Crippen LogP contribution in [0.4, 0.5) is 0 Å². The van der Waals surface area contributed by atoms with Gasteiger partial charge in [-0.15, -0.1) is 0 Å². The topological polar surface area (TPSA) is 0 Å². The molecule has 1 aliphatic rings. The monoisotopic (exact) mass is 460 g/mol. The van der Waals surface area contributed by atoms with Crippen molar-refractivity contribution in [2.45, 2.75) is 9.79 Å². The summed E-state index contributed by atoms with van der Waals surface area (Å²) in [6, 6.07) is 44.9. The Morgan fingerprint density at radius 1 is 0.371 bits per heavy atom. The standard InChI is InChI=1S/C34H20S/c1-2-7-22-20-31-25(18-21(22)6-1)13-12-23-19-24(14-15-27(23)31)26-16-17-33-34-29(26)9-5-10-30(34)28-8-3-4-11-32(28)35-33/h1-20H. The number of hydrogen-bond acceptors (Lipinski definition) is 1. The quantitative estimate of drug-likeness (QED) is 0.173. The van der Waals surface area contributed by atoms with Crippen molar-refractivity contribution in [1.82, 2.24) is 0 Å². The molecular formula is C34H20S. The number of benzene rings is 7. The van der Waals surface area contributed by atoms with Gasteiger partial charge in [-0.3, -0.25) is 0 Å². The van der Waals surface area contributed by atoms with Crippen LogP contribution in [0, 0.1) is 0 Å². The minimum atomic E-state index is 1.27. The van der Waals surface area contributed by atoms with Crippen LogP contribution in [0.5, 0.6) is 0 Å². The van der Waals surface area contributed by atoms with Crippen molar-refractivity contribution in [1.29, 1.82) is 0 Å². The molecule has 7 aromatic carbocycles. The number of rotatable bonds is 1. The summed E-state index contributed by atoms with van der Waals surface area (Å²) < 4.78 is 0. The highest BCUT2D eigenvalue weighted by Crippen LogP contribution is 2.49. The first-order chi connectivity index (χ1) is 17.3. The second-order valence-corrected chi connectivity index (χ2v) is 10.4. The summed E-state index contributed by atoms with van der Waals surface area (Å²) in [4.78, 5) is 2.68. The molecule has 0 fully saturated rings. The molecule has 0 saturated heterocycles. The van der Waals surface area contributed by atoms with E-state index in [2.05, 4.69) is 121 Å². The molecule has 8 rings (SSSR count). The Balaban J connectivity index is 1.36. The fourth-order valence-electron chi connectivity index (χ4n) is 5.75. The van der Waals surface area contributed by atoms with Gasteiger partial charge in [0, 0.05) is 15.2 Å². The fraction of sp³-hybridized carbons (Fsp3) is 0. The first-order valence-corrected chi connectivity index (χ1v) is 12.8. The van der Waals surface area contributed by atoms with Gasteiger partial charge in [-0.05, 0) is 90.3 Å². The molecule has 35 heavy (non-hydrogen) atoms. The molecule has 1 aliphatic heterocycles. The van der Waals surface area contributed by atoms with Crippen LogP contribution in [-0.2, 0) is 0 Å². The molecule has 1 heteroatoms. The summed E-state index contributed by atoms with van der Waals surface area (Å²) in [5.74, 6) is 0. The molecule has 0 amide bonds. The molecule has 0 radical (unpaired) electrons. The number of hydrogen-bond donors (Lipinski definition) is 0. The van der Waals surface area contributed by atoms with Gasteiger partial charge in [-0.1, -0.05) is 103 Å². The van der Waals surface area contributed by atoms with Crippen LogP contribution in [0.2, 0.25) is 0 Å². The minimum absolute atomic E-state index is 1.27. The Bertz CT molecular complexity index is 1980. The van der Waals surface area contributed by atoms with Gasteiger partial charge in [0.1, 0.15) is 0 Å². The molecule has 0 spiro atoms. The molecule has 0 saturated carbocycles. The summed E-state index contributed by atoms with van der Waals surface area (Å²) in [5, 5.41) is 10.5. The maximum absolute atomic E-state index is 2.36. The molecule has 1 heterocycles. The lowest BCUT2D eigenvalue weighted by Gasteiger charge is -2.21. The lowest BCUT2D eigenvalue weighted by atomic mass is 9.91. The van der Waals surface area contributed by atoms with Gasteiger partial charge in [0.15, 0.2) is 0 Å². The molecule has 0 atom stereocenters. The molecule has 0 bridgehead atoms. The Kier molecular flexibility index (Phi) is 3.97. The van der Waals surface area contributed by atoms with Gasteiger partial charge in [0.25, 0.3) is 0 Å². The van der Waals surface area contributed by atoms with Gasteiger partial charge in [0.2, 0.25) is 0 Å². The Morgan fingerprint density at radius 2 is 1.14 bits per heavy atom. The first kappa shape index (κ1) is 19.3. The van der Waals surface area contributed by atoms with Crippen molar-refractivity contribution in [3.63, 3.8) is 0 Å². The van der Waals surface area contributed by atoms with Crippen LogP contribution in [0.3, 0.4) is 0 Å². The predicted octanol–water partition coefficient (Wildman–Crippen LogP) is 10.1. The van der Waals surface area contributed by atoms with E-state index >= 15 is 0 Å². The number of fused-ring (bicyclic) bond motifs is 6. The second kappa shape index (κ2) is 7.21. The van der Waals surface area contributed by atoms with Crippen LogP contribution in [0.25, 0.3) is 65.3 Å². The molecular weight excluding hydrogens is 440 g/mol. The average Bonchev–Trinajstić information content (AvgIpc) is 2.92. The molecule has 0 N–H and O–H groups in total. The zero-order valence-corrected chi connectivity index (χ0v) is 19.8. The van der Waals surface area contributed by atoms with Crippen LogP contribution >= 0.6 is 11.8 Å². The van der Waals surface area contributed by atoms with E-state index < -0.39 is 0 Å². The third-order valence-corrected chi connectivity index (χ3v) is 8.55. The van der Waals surface area contributed by atoms with Crippen molar-refractivity contribution in [3.8, 4) is 22.3 Å². The van der Waals surface area contributed by atoms with Gasteiger partial charge in [0.05, 0.1) is 0 Å². The van der Waals surface area contributed by atoms with E-state index in [9.17, 15) is 0 Å². The molecule has 7 aromatic rings. The van der Waals surface area contributed by atoms with Gasteiger partial charge in [-0.2, -0.15) is 0 Å². The maximum Gasteiger partial charge on any atom is 0.0207 e. The summed E-state index contributed by atoms with van der Waals surface area (Å²) in [5.41, 5.74) is 5.24. The average molecular weight is 461 g/mol. The van der Waals surface area contributed by atoms with E-state index in [-0.39, 0.29) is 0 Å². The van der Waals surface area contributed by atoms with Crippen molar-refractivity contribution < 1.29 is 0 Å². The van der Waals surface area contributed by atoms with Crippen LogP contribution in [-0.4, -0.2) is 0 Å². The second-order valence-electron chi connectivity index (χ2n) is 9.36. The predicted molar refractivity (Wildman–Crippen MR) is 151 cm³/mol. The third-order valence-electron chi connectivity index (χ3n) is 7.41. The van der Waals surface area contributed by atoms with Gasteiger partial charge >= 0.3 is 0 Å². The Hall–Kier alpha value is -4.07. The highest BCUT2D eigenvalue weighted by molar-refractivity contribution is 7.99. The van der Waals surface area contributed by atoms with Crippen molar-refractivity contribution >= 4 is 54.9 Å². The van der Waals surface area contributed by atoms with Crippen LogP contribution in [0.1, 0.15) is 0 Å². The van der Waals surface area contributed by atoms with E-state index in [4.69, 9.17) is 0 Å². The highest BCUT2D eigenvalue weighted by Gasteiger charge is 2.20. The minimum Gasteiger partial charge on any atom is -0.0888 e. The third kappa shape index (κ3) is 2.82. The van der Waals surface area contributed by atoms with Gasteiger partial charge in [-0.25, -0.2) is 0 Å². The van der Waals surface area contributed by atoms with E-state index in [1.165, 1.54) is 75.1 Å². The Labute approximate surface area is 207 Å². The molecule has 162 valence electrons. The van der Waals surface area contributed by atoms with E-state index in [0.29, 0.717) is 0 Å². The largest absolute Gasteiger partial charge is 0.0888 e. The van der Waals surface area contributed by atoms with Crippen LogP contribution < -0.4 is 0 Å². The molecule has 0 unspecified atom stereocenters. The summed E-state index contributed by atoms with van der Waals surface area (Å²) >= 11 is 1.88. The van der Waals surface area contributed by atoms with E-state index in [1.807, 2.05) is 11.8 Å². The zero-order valence-electron chi connectivity index (χ0n) is 19.0. The Morgan fingerprint density at radius 3 is 2.06 bits per heavy atom. The lowest BCUT2D eigenvalue weighted by molar-refractivity contribution is 1.40.